The number of amides is 1. The van der Waals surface area contributed by atoms with Gasteiger partial charge in [0.1, 0.15) is 17.3 Å². The maximum Gasteiger partial charge on any atom is 0.270 e. The van der Waals surface area contributed by atoms with E-state index >= 15 is 0 Å². The molecule has 1 aromatic carbocycles. The molecule has 2 aromatic rings. The molecule has 3 heterocycles. The average Bonchev–Trinajstić information content (AvgIpc) is 3.16. The van der Waals surface area contributed by atoms with Crippen molar-refractivity contribution >= 4 is 11.7 Å². The minimum absolute atomic E-state index is 0.143. The molecule has 0 radical (unpaired) electrons. The van der Waals surface area contributed by atoms with Gasteiger partial charge in [0.2, 0.25) is 6.79 Å². The summed E-state index contributed by atoms with van der Waals surface area (Å²) < 4.78 is 16.3. The summed E-state index contributed by atoms with van der Waals surface area (Å²) in [4.78, 5) is 23.8. The van der Waals surface area contributed by atoms with Crippen molar-refractivity contribution in [3.63, 3.8) is 0 Å². The highest BCUT2D eigenvalue weighted by Crippen LogP contribution is 2.33. The fourth-order valence-electron chi connectivity index (χ4n) is 3.40. The second-order valence-corrected chi connectivity index (χ2v) is 6.78. The Kier molecular flexibility index (Phi) is 5.29. The van der Waals surface area contributed by atoms with Gasteiger partial charge in [0.15, 0.2) is 11.5 Å². The first-order valence-corrected chi connectivity index (χ1v) is 9.51. The van der Waals surface area contributed by atoms with Crippen molar-refractivity contribution in [3.05, 3.63) is 40.8 Å². The number of anilines is 1. The van der Waals surface area contributed by atoms with Gasteiger partial charge in [-0.15, -0.1) is 0 Å². The number of aromatic nitrogens is 2. The summed E-state index contributed by atoms with van der Waals surface area (Å²) in [5.74, 6) is 2.73. The summed E-state index contributed by atoms with van der Waals surface area (Å²) in [6.45, 7) is 4.79. The molecule has 28 heavy (non-hydrogen) atoms. The predicted molar refractivity (Wildman–Crippen MR) is 103 cm³/mol. The number of benzene rings is 1. The number of nitrogens with one attached hydrogen (secondary N) is 1. The van der Waals surface area contributed by atoms with E-state index in [1.165, 1.54) is 0 Å². The Morgan fingerprint density at radius 2 is 2.11 bits per heavy atom. The lowest BCUT2D eigenvalue weighted by atomic mass is 10.0. The van der Waals surface area contributed by atoms with Crippen molar-refractivity contribution in [1.29, 1.82) is 0 Å². The summed E-state index contributed by atoms with van der Waals surface area (Å²) in [7, 11) is 1.97. The van der Waals surface area contributed by atoms with E-state index in [1.807, 2.05) is 37.1 Å². The van der Waals surface area contributed by atoms with E-state index in [4.69, 9.17) is 19.2 Å². The van der Waals surface area contributed by atoms with E-state index in [-0.39, 0.29) is 12.7 Å². The Hall–Kier alpha value is -2.87. The minimum Gasteiger partial charge on any atom is -0.454 e. The Balaban J connectivity index is 1.64. The van der Waals surface area contributed by atoms with Gasteiger partial charge >= 0.3 is 0 Å². The summed E-state index contributed by atoms with van der Waals surface area (Å²) >= 11 is 0. The summed E-state index contributed by atoms with van der Waals surface area (Å²) in [6.07, 6.45) is 1.23. The van der Waals surface area contributed by atoms with Gasteiger partial charge in [-0.25, -0.2) is 9.97 Å². The van der Waals surface area contributed by atoms with Crippen LogP contribution in [0, 0.1) is 0 Å². The van der Waals surface area contributed by atoms with Crippen molar-refractivity contribution in [2.45, 2.75) is 19.8 Å². The molecule has 1 amide bonds. The molecule has 8 heteroatoms. The lowest BCUT2D eigenvalue weighted by Gasteiger charge is -2.25. The van der Waals surface area contributed by atoms with Crippen LogP contribution >= 0.6 is 0 Å². The van der Waals surface area contributed by atoms with Gasteiger partial charge in [-0.05, 0) is 31.0 Å². The molecule has 1 N–H and O–H groups in total. The van der Waals surface area contributed by atoms with Crippen LogP contribution in [0.2, 0.25) is 0 Å². The first-order chi connectivity index (χ1) is 13.7. The third kappa shape index (κ3) is 3.73. The van der Waals surface area contributed by atoms with Gasteiger partial charge in [-0.3, -0.25) is 4.79 Å². The molecule has 0 bridgehead atoms. The number of carbonyl (C=O) groups excluding carboxylic acids is 1. The van der Waals surface area contributed by atoms with Crippen LogP contribution in [-0.4, -0.2) is 56.0 Å². The smallest absolute Gasteiger partial charge is 0.270 e. The summed E-state index contributed by atoms with van der Waals surface area (Å²) in [6, 6.07) is 5.79. The van der Waals surface area contributed by atoms with Gasteiger partial charge in [0, 0.05) is 38.7 Å². The van der Waals surface area contributed by atoms with Gasteiger partial charge in [-0.1, -0.05) is 6.07 Å². The van der Waals surface area contributed by atoms with Crippen molar-refractivity contribution in [2.24, 2.45) is 0 Å². The first kappa shape index (κ1) is 18.5. The molecule has 0 saturated carbocycles. The second-order valence-electron chi connectivity index (χ2n) is 6.78. The number of hydrogen-bond acceptors (Lipinski definition) is 7. The van der Waals surface area contributed by atoms with Crippen LogP contribution in [0.4, 0.5) is 5.82 Å². The molecule has 148 valence electrons. The number of nitrogens with zero attached hydrogens (tertiary/aromatic N) is 3. The van der Waals surface area contributed by atoms with E-state index in [9.17, 15) is 4.79 Å². The van der Waals surface area contributed by atoms with Gasteiger partial charge in [-0.2, -0.15) is 0 Å². The molecule has 0 aliphatic carbocycles. The van der Waals surface area contributed by atoms with Crippen LogP contribution < -0.4 is 19.7 Å². The maximum absolute atomic E-state index is 12.4. The van der Waals surface area contributed by atoms with E-state index in [2.05, 4.69) is 10.3 Å². The largest absolute Gasteiger partial charge is 0.454 e. The monoisotopic (exact) mass is 384 g/mol. The molecule has 2 aliphatic heterocycles. The average molecular weight is 384 g/mol. The van der Waals surface area contributed by atoms with Crippen molar-refractivity contribution < 1.29 is 19.0 Å². The van der Waals surface area contributed by atoms with Crippen LogP contribution in [0.15, 0.2) is 18.2 Å². The number of ether oxygens (including phenoxy) is 3. The third-order valence-electron chi connectivity index (χ3n) is 4.84. The molecule has 0 fully saturated rings. The molecule has 8 nitrogen and oxygen atoms in total. The summed E-state index contributed by atoms with van der Waals surface area (Å²) in [5, 5.41) is 2.87. The number of fused-ring (bicyclic) bond motifs is 2. The lowest BCUT2D eigenvalue weighted by molar-refractivity contribution is 0.0940. The normalized spacial score (nSPS) is 14.6. The zero-order valence-corrected chi connectivity index (χ0v) is 16.2. The highest BCUT2D eigenvalue weighted by atomic mass is 16.7. The molecular formula is C20H24N4O4. The van der Waals surface area contributed by atoms with Crippen LogP contribution in [0.5, 0.6) is 11.5 Å². The fourth-order valence-corrected chi connectivity index (χ4v) is 3.40. The number of likely N-dealkylation sites (N-methyl/N-ethyl adjacent to an activating group) is 1. The fraction of sp³-hybridized carbons (Fsp3) is 0.450. The zero-order chi connectivity index (χ0) is 19.5. The van der Waals surface area contributed by atoms with E-state index in [0.29, 0.717) is 44.2 Å². The minimum atomic E-state index is -0.143. The zero-order valence-electron chi connectivity index (χ0n) is 16.2. The molecule has 4 rings (SSSR count). The number of hydrogen-bond donors (Lipinski definition) is 1. The molecule has 0 spiro atoms. The molecule has 1 aromatic heterocycles. The molecule has 0 atom stereocenters. The van der Waals surface area contributed by atoms with Crippen LogP contribution in [0.3, 0.4) is 0 Å². The number of rotatable bonds is 7. The Labute approximate surface area is 163 Å². The molecule has 0 unspecified atom stereocenters. The second kappa shape index (κ2) is 8.02. The highest BCUT2D eigenvalue weighted by molar-refractivity contribution is 5.96. The topological polar surface area (TPSA) is 85.8 Å². The van der Waals surface area contributed by atoms with Crippen LogP contribution in [0.25, 0.3) is 0 Å². The Bertz CT molecular complexity index is 887. The first-order valence-electron chi connectivity index (χ1n) is 9.51. The predicted octanol–water partition coefficient (Wildman–Crippen LogP) is 1.55. The van der Waals surface area contributed by atoms with Gasteiger partial charge < -0.3 is 24.4 Å². The van der Waals surface area contributed by atoms with Crippen molar-refractivity contribution in [1.82, 2.24) is 15.3 Å². The standard InChI is InChI=1S/C20H24N4O4/c1-3-26-9-8-24(2)19-14-6-7-21-20(25)18(14)22-17(23-19)11-13-4-5-15-16(10-13)28-12-27-15/h4-5,10H,3,6-9,11-12H2,1-2H3,(H,21,25). The summed E-state index contributed by atoms with van der Waals surface area (Å²) in [5.41, 5.74) is 2.37. The van der Waals surface area contributed by atoms with Crippen molar-refractivity contribution in [2.75, 3.05) is 45.0 Å². The van der Waals surface area contributed by atoms with Crippen molar-refractivity contribution in [3.8, 4) is 11.5 Å². The Morgan fingerprint density at radius 3 is 2.96 bits per heavy atom. The van der Waals surface area contributed by atoms with Crippen LogP contribution in [-0.2, 0) is 17.6 Å². The lowest BCUT2D eigenvalue weighted by Crippen LogP contribution is -2.36. The quantitative estimate of drug-likeness (QED) is 0.725. The maximum atomic E-state index is 12.4. The van der Waals surface area contributed by atoms with Gasteiger partial charge in [0.25, 0.3) is 5.91 Å². The third-order valence-corrected chi connectivity index (χ3v) is 4.84. The van der Waals surface area contributed by atoms with Crippen LogP contribution in [0.1, 0.15) is 34.4 Å². The van der Waals surface area contributed by atoms with E-state index in [1.54, 1.807) is 0 Å². The van der Waals surface area contributed by atoms with Gasteiger partial charge in [0.05, 0.1) is 6.61 Å². The van der Waals surface area contributed by atoms with E-state index < -0.39 is 0 Å². The number of carbonyl (C=O) groups is 1. The Morgan fingerprint density at radius 1 is 1.25 bits per heavy atom. The molecule has 2 aliphatic rings. The van der Waals surface area contributed by atoms with E-state index in [0.717, 1.165) is 34.9 Å². The SMILES string of the molecule is CCOCCN(C)c1nc(Cc2ccc3c(c2)OCO3)nc2c1CCNC2=O. The molecular weight excluding hydrogens is 360 g/mol. The highest BCUT2D eigenvalue weighted by Gasteiger charge is 2.25. The molecule has 0 saturated heterocycles.